The number of amides is 4. The van der Waals surface area contributed by atoms with E-state index in [1.807, 2.05) is 74.5 Å². The number of carbonyl (C=O) groups is 5. The van der Waals surface area contributed by atoms with Crippen LogP contribution in [0.2, 0.25) is 0 Å². The van der Waals surface area contributed by atoms with E-state index in [1.165, 1.54) is 14.0 Å². The highest BCUT2D eigenvalue weighted by Gasteiger charge is 2.31. The average Bonchev–Trinajstić information content (AvgIpc) is 3.13. The zero-order valence-corrected chi connectivity index (χ0v) is 32.2. The zero-order chi connectivity index (χ0) is 39.7. The first-order valence-corrected chi connectivity index (χ1v) is 18.0. The standard InChI is InChI=1S/C41H54N4O9/c1-27(2)22-34(39(49)51-7)44-36(46)28(3)42-37(47)33(23-29-18-20-32(21-19-29)53-25-31-16-12-9-13-17-31)43-38(48)35(45-40(50)54-41(4,5)6)26-52-24-30-14-10-8-11-15-30/h8-21,27-28,33-35H,22-26H2,1-7H3,(H,42,47)(H,43,48)(H,44,46)(H,45,50)/t28-,33+,34-,35+/m0/s1. The molecule has 0 radical (unpaired) electrons. The summed E-state index contributed by atoms with van der Waals surface area (Å²) >= 11 is 0. The van der Waals surface area contributed by atoms with Gasteiger partial charge >= 0.3 is 12.1 Å². The van der Waals surface area contributed by atoms with Crippen molar-refractivity contribution in [3.05, 3.63) is 102 Å². The normalized spacial score (nSPS) is 13.4. The lowest BCUT2D eigenvalue weighted by atomic mass is 10.0. The lowest BCUT2D eigenvalue weighted by Crippen LogP contribution is -2.58. The summed E-state index contributed by atoms with van der Waals surface area (Å²) in [6.07, 6.45) is -0.487. The van der Waals surface area contributed by atoms with Crippen LogP contribution in [-0.2, 0) is 53.0 Å². The summed E-state index contributed by atoms with van der Waals surface area (Å²) in [5.74, 6) is -1.91. The monoisotopic (exact) mass is 746 g/mol. The summed E-state index contributed by atoms with van der Waals surface area (Å²) in [5.41, 5.74) is 1.70. The molecule has 3 rings (SSSR count). The van der Waals surface area contributed by atoms with Gasteiger partial charge in [0.1, 0.15) is 42.1 Å². The quantitative estimate of drug-likeness (QED) is 0.128. The first kappa shape index (κ1) is 43.0. The lowest BCUT2D eigenvalue weighted by Gasteiger charge is -2.26. The molecule has 3 aromatic rings. The second kappa shape index (κ2) is 21.3. The largest absolute Gasteiger partial charge is 0.489 e. The van der Waals surface area contributed by atoms with Crippen LogP contribution in [0.5, 0.6) is 5.75 Å². The highest BCUT2D eigenvalue weighted by molar-refractivity contribution is 5.94. The Kier molecular flexibility index (Phi) is 17.0. The van der Waals surface area contributed by atoms with E-state index in [0.717, 1.165) is 11.1 Å². The predicted octanol–water partition coefficient (Wildman–Crippen LogP) is 4.61. The molecule has 0 unspecified atom stereocenters. The van der Waals surface area contributed by atoms with Gasteiger partial charge in [-0.3, -0.25) is 14.4 Å². The van der Waals surface area contributed by atoms with Crippen molar-refractivity contribution in [1.29, 1.82) is 0 Å². The van der Waals surface area contributed by atoms with Crippen LogP contribution in [0.1, 0.15) is 64.7 Å². The number of methoxy groups -OCH3 is 1. The van der Waals surface area contributed by atoms with E-state index in [1.54, 1.807) is 45.0 Å². The smallest absolute Gasteiger partial charge is 0.408 e. The molecule has 0 spiro atoms. The number of ether oxygens (including phenoxy) is 4. The van der Waals surface area contributed by atoms with Crippen LogP contribution >= 0.6 is 0 Å². The van der Waals surface area contributed by atoms with Crippen molar-refractivity contribution >= 4 is 29.8 Å². The lowest BCUT2D eigenvalue weighted by molar-refractivity contribution is -0.145. The Morgan fingerprint density at radius 2 is 1.19 bits per heavy atom. The Bertz CT molecular complexity index is 1640. The third-order valence-electron chi connectivity index (χ3n) is 7.91. The molecule has 0 aromatic heterocycles. The molecular formula is C41H54N4O9. The van der Waals surface area contributed by atoms with Gasteiger partial charge in [0.2, 0.25) is 17.7 Å². The maximum Gasteiger partial charge on any atom is 0.408 e. The van der Waals surface area contributed by atoms with Crippen molar-refractivity contribution < 1.29 is 42.9 Å². The van der Waals surface area contributed by atoms with Gasteiger partial charge in [-0.2, -0.15) is 0 Å². The van der Waals surface area contributed by atoms with Crippen LogP contribution in [0.4, 0.5) is 4.79 Å². The molecule has 0 aliphatic heterocycles. The van der Waals surface area contributed by atoms with Crippen molar-refractivity contribution in [3.8, 4) is 5.75 Å². The van der Waals surface area contributed by atoms with Crippen molar-refractivity contribution in [3.63, 3.8) is 0 Å². The highest BCUT2D eigenvalue weighted by atomic mass is 16.6. The Hall–Kier alpha value is -5.43. The Labute approximate surface area is 317 Å². The van der Waals surface area contributed by atoms with Crippen LogP contribution in [0.25, 0.3) is 0 Å². The fourth-order valence-corrected chi connectivity index (χ4v) is 5.19. The first-order valence-electron chi connectivity index (χ1n) is 18.0. The molecule has 0 fully saturated rings. The van der Waals surface area contributed by atoms with Gasteiger partial charge in [0.05, 0.1) is 20.3 Å². The zero-order valence-electron chi connectivity index (χ0n) is 32.2. The van der Waals surface area contributed by atoms with E-state index < -0.39 is 59.6 Å². The minimum Gasteiger partial charge on any atom is -0.489 e. The molecule has 0 bridgehead atoms. The van der Waals surface area contributed by atoms with Crippen LogP contribution in [0.3, 0.4) is 0 Å². The van der Waals surface area contributed by atoms with Gasteiger partial charge in [0, 0.05) is 6.42 Å². The molecule has 13 heteroatoms. The molecule has 54 heavy (non-hydrogen) atoms. The molecule has 4 amide bonds. The van der Waals surface area contributed by atoms with Gasteiger partial charge in [-0.1, -0.05) is 86.6 Å². The molecule has 0 saturated heterocycles. The van der Waals surface area contributed by atoms with Gasteiger partial charge in [0.25, 0.3) is 0 Å². The van der Waals surface area contributed by atoms with Gasteiger partial charge < -0.3 is 40.2 Å². The molecule has 0 aliphatic rings. The molecule has 0 aliphatic carbocycles. The fourth-order valence-electron chi connectivity index (χ4n) is 5.19. The second-order valence-corrected chi connectivity index (χ2v) is 14.3. The Morgan fingerprint density at radius 1 is 0.630 bits per heavy atom. The molecular weight excluding hydrogens is 692 g/mol. The number of alkyl carbamates (subject to hydrolysis) is 1. The third-order valence-corrected chi connectivity index (χ3v) is 7.91. The third kappa shape index (κ3) is 15.7. The molecule has 0 heterocycles. The van der Waals surface area contributed by atoms with E-state index in [4.69, 9.17) is 18.9 Å². The van der Waals surface area contributed by atoms with Gasteiger partial charge in [-0.05, 0) is 68.9 Å². The summed E-state index contributed by atoms with van der Waals surface area (Å²) in [6.45, 7) is 10.7. The van der Waals surface area contributed by atoms with Crippen LogP contribution in [0, 0.1) is 5.92 Å². The molecule has 4 N–H and O–H groups in total. The van der Waals surface area contributed by atoms with E-state index in [2.05, 4.69) is 21.3 Å². The van der Waals surface area contributed by atoms with E-state index in [-0.39, 0.29) is 25.6 Å². The van der Waals surface area contributed by atoms with Crippen molar-refractivity contribution in [2.45, 2.75) is 97.4 Å². The summed E-state index contributed by atoms with van der Waals surface area (Å²) in [4.78, 5) is 66.0. The second-order valence-electron chi connectivity index (χ2n) is 14.3. The van der Waals surface area contributed by atoms with Crippen LogP contribution < -0.4 is 26.0 Å². The Morgan fingerprint density at radius 3 is 1.74 bits per heavy atom. The fraction of sp³-hybridized carbons (Fsp3) is 0.439. The number of nitrogens with one attached hydrogen (secondary N) is 4. The molecule has 3 aromatic carbocycles. The van der Waals surface area contributed by atoms with Crippen LogP contribution in [0.15, 0.2) is 84.9 Å². The summed E-state index contributed by atoms with van der Waals surface area (Å²) in [6, 6.07) is 21.6. The van der Waals surface area contributed by atoms with Gasteiger partial charge in [-0.15, -0.1) is 0 Å². The first-order chi connectivity index (χ1) is 25.6. The highest BCUT2D eigenvalue weighted by Crippen LogP contribution is 2.16. The summed E-state index contributed by atoms with van der Waals surface area (Å²) in [5, 5.41) is 10.6. The van der Waals surface area contributed by atoms with Gasteiger partial charge in [0.15, 0.2) is 0 Å². The van der Waals surface area contributed by atoms with E-state index in [9.17, 15) is 24.0 Å². The number of carbonyl (C=O) groups excluding carboxylic acids is 5. The van der Waals surface area contributed by atoms with E-state index >= 15 is 0 Å². The van der Waals surface area contributed by atoms with Crippen molar-refractivity contribution in [1.82, 2.24) is 21.3 Å². The number of hydrogen-bond acceptors (Lipinski definition) is 9. The minimum atomic E-state index is -1.25. The van der Waals surface area contributed by atoms with Crippen molar-refractivity contribution in [2.75, 3.05) is 13.7 Å². The maximum atomic E-state index is 13.8. The van der Waals surface area contributed by atoms with Crippen LogP contribution in [-0.4, -0.2) is 73.3 Å². The molecule has 4 atom stereocenters. The molecule has 13 nitrogen and oxygen atoms in total. The molecule has 0 saturated carbocycles. The number of benzene rings is 3. The van der Waals surface area contributed by atoms with E-state index in [0.29, 0.717) is 24.3 Å². The molecule has 292 valence electrons. The summed E-state index contributed by atoms with van der Waals surface area (Å²) < 4.78 is 22.0. The van der Waals surface area contributed by atoms with Gasteiger partial charge in [-0.25, -0.2) is 9.59 Å². The topological polar surface area (TPSA) is 170 Å². The SMILES string of the molecule is COC(=O)[C@H](CC(C)C)NC(=O)[C@H](C)NC(=O)[C@@H](Cc1ccc(OCc2ccccc2)cc1)NC(=O)[C@@H](COCc1ccccc1)NC(=O)OC(C)(C)C. The number of esters is 1. The number of hydrogen-bond donors (Lipinski definition) is 4. The average molecular weight is 747 g/mol. The Balaban J connectivity index is 1.81. The summed E-state index contributed by atoms with van der Waals surface area (Å²) in [7, 11) is 1.24. The predicted molar refractivity (Wildman–Crippen MR) is 203 cm³/mol. The minimum absolute atomic E-state index is 0.0209. The number of rotatable bonds is 19. The maximum absolute atomic E-state index is 13.8. The van der Waals surface area contributed by atoms with Crippen molar-refractivity contribution in [2.24, 2.45) is 5.92 Å².